The molecule has 0 unspecified atom stereocenters. The molecule has 1 fully saturated rings. The standard InChI is InChI=1S/C22H27N5O3.HI/c1-23-22(26-13-11-25(12-14-26)21(29)19-9-5-15-30-19)24-16-20(28)27-10-4-7-17-6-2-3-8-18(17)27;/h2-3,5-6,8-9,15H,4,7,10-14,16H2,1H3,(H,23,24);1H. The minimum absolute atomic E-state index is 0. The highest BCUT2D eigenvalue weighted by atomic mass is 127. The zero-order chi connectivity index (χ0) is 20.9. The highest BCUT2D eigenvalue weighted by molar-refractivity contribution is 14.0. The fourth-order valence-electron chi connectivity index (χ4n) is 4.05. The number of nitrogens with zero attached hydrogens (tertiary/aromatic N) is 4. The molecule has 2 aromatic rings. The van der Waals surface area contributed by atoms with Gasteiger partial charge in [0.1, 0.15) is 0 Å². The van der Waals surface area contributed by atoms with Crippen LogP contribution in [0, 0.1) is 0 Å². The number of aryl methyl sites for hydroxylation is 1. The third kappa shape index (κ3) is 5.20. The number of carbonyl (C=O) groups excluding carboxylic acids is 2. The zero-order valence-electron chi connectivity index (χ0n) is 17.6. The second-order valence-electron chi connectivity index (χ2n) is 7.43. The van der Waals surface area contributed by atoms with Crippen molar-refractivity contribution in [3.05, 3.63) is 54.0 Å². The number of benzene rings is 1. The molecule has 4 rings (SSSR count). The number of anilines is 1. The number of guanidine groups is 1. The minimum atomic E-state index is -0.0958. The summed E-state index contributed by atoms with van der Waals surface area (Å²) in [6.45, 7) is 3.37. The lowest BCUT2D eigenvalue weighted by Gasteiger charge is -2.36. The van der Waals surface area contributed by atoms with Crippen LogP contribution < -0.4 is 10.2 Å². The Kier molecular flexibility index (Phi) is 7.94. The lowest BCUT2D eigenvalue weighted by Crippen LogP contribution is -2.55. The summed E-state index contributed by atoms with van der Waals surface area (Å²) in [7, 11) is 1.71. The lowest BCUT2D eigenvalue weighted by molar-refractivity contribution is -0.117. The molecule has 1 aromatic carbocycles. The Morgan fingerprint density at radius 3 is 2.48 bits per heavy atom. The van der Waals surface area contributed by atoms with Crippen molar-refractivity contribution in [1.29, 1.82) is 0 Å². The largest absolute Gasteiger partial charge is 0.459 e. The van der Waals surface area contributed by atoms with Gasteiger partial charge in [-0.3, -0.25) is 14.6 Å². The number of para-hydroxylation sites is 1. The first-order valence-corrected chi connectivity index (χ1v) is 10.3. The van der Waals surface area contributed by atoms with E-state index in [0.717, 1.165) is 25.1 Å². The molecule has 0 radical (unpaired) electrons. The van der Waals surface area contributed by atoms with Gasteiger partial charge in [0.05, 0.1) is 12.8 Å². The number of amides is 2. The molecule has 2 aliphatic heterocycles. The summed E-state index contributed by atoms with van der Waals surface area (Å²) in [5.41, 5.74) is 2.23. The number of nitrogens with one attached hydrogen (secondary N) is 1. The molecule has 0 aliphatic carbocycles. The van der Waals surface area contributed by atoms with E-state index in [1.54, 1.807) is 24.1 Å². The van der Waals surface area contributed by atoms with Gasteiger partial charge in [-0.1, -0.05) is 18.2 Å². The highest BCUT2D eigenvalue weighted by Crippen LogP contribution is 2.26. The average molecular weight is 537 g/mol. The SMILES string of the molecule is CN=C(NCC(=O)N1CCCc2ccccc21)N1CCN(C(=O)c2ccco2)CC1.I. The molecule has 1 saturated heterocycles. The number of hydrogen-bond acceptors (Lipinski definition) is 4. The number of fused-ring (bicyclic) bond motifs is 1. The van der Waals surface area contributed by atoms with Crippen molar-refractivity contribution in [3.8, 4) is 0 Å². The maximum Gasteiger partial charge on any atom is 0.289 e. The highest BCUT2D eigenvalue weighted by Gasteiger charge is 2.26. The van der Waals surface area contributed by atoms with Crippen molar-refractivity contribution >= 4 is 47.4 Å². The summed E-state index contributed by atoms with van der Waals surface area (Å²) < 4.78 is 5.21. The molecule has 1 N–H and O–H groups in total. The fraction of sp³-hybridized carbons (Fsp3) is 0.409. The number of furan rings is 1. The predicted octanol–water partition coefficient (Wildman–Crippen LogP) is 2.21. The molecule has 0 spiro atoms. The van der Waals surface area contributed by atoms with Gasteiger partial charge in [-0.25, -0.2) is 0 Å². The van der Waals surface area contributed by atoms with Crippen LogP contribution in [0.1, 0.15) is 22.5 Å². The number of carbonyl (C=O) groups is 2. The Bertz CT molecular complexity index is 923. The quantitative estimate of drug-likeness (QED) is 0.369. The van der Waals surface area contributed by atoms with Gasteiger partial charge >= 0.3 is 0 Å². The number of piperazine rings is 1. The molecule has 9 heteroatoms. The van der Waals surface area contributed by atoms with Crippen molar-refractivity contribution in [1.82, 2.24) is 15.1 Å². The van der Waals surface area contributed by atoms with Crippen molar-refractivity contribution in [2.24, 2.45) is 4.99 Å². The van der Waals surface area contributed by atoms with Crippen LogP contribution in [-0.4, -0.2) is 73.9 Å². The molecule has 1 aromatic heterocycles. The molecule has 0 bridgehead atoms. The van der Waals surface area contributed by atoms with E-state index >= 15 is 0 Å². The third-order valence-electron chi connectivity index (χ3n) is 5.62. The van der Waals surface area contributed by atoms with Gasteiger partial charge in [0.15, 0.2) is 11.7 Å². The Labute approximate surface area is 199 Å². The third-order valence-corrected chi connectivity index (χ3v) is 5.62. The number of rotatable bonds is 3. The van der Waals surface area contributed by atoms with Crippen LogP contribution in [0.2, 0.25) is 0 Å². The minimum Gasteiger partial charge on any atom is -0.459 e. The number of halogens is 1. The van der Waals surface area contributed by atoms with Crippen molar-refractivity contribution < 1.29 is 14.0 Å². The summed E-state index contributed by atoms with van der Waals surface area (Å²) >= 11 is 0. The van der Waals surface area contributed by atoms with E-state index in [9.17, 15) is 9.59 Å². The molecule has 0 saturated carbocycles. The van der Waals surface area contributed by atoms with Gasteiger partial charge in [-0.15, -0.1) is 24.0 Å². The lowest BCUT2D eigenvalue weighted by atomic mass is 10.0. The first kappa shape index (κ1) is 23.1. The number of aliphatic imine (C=N–C) groups is 1. The molecule has 3 heterocycles. The van der Waals surface area contributed by atoms with Gasteiger partial charge in [-0.2, -0.15) is 0 Å². The molecule has 31 heavy (non-hydrogen) atoms. The smallest absolute Gasteiger partial charge is 0.289 e. The molecular formula is C22H28IN5O3. The monoisotopic (exact) mass is 537 g/mol. The van der Waals surface area contributed by atoms with Gasteiger partial charge < -0.3 is 24.4 Å². The second-order valence-corrected chi connectivity index (χ2v) is 7.43. The molecule has 0 atom stereocenters. The van der Waals surface area contributed by atoms with Crippen LogP contribution >= 0.6 is 24.0 Å². The predicted molar refractivity (Wildman–Crippen MR) is 130 cm³/mol. The fourth-order valence-corrected chi connectivity index (χ4v) is 4.05. The van der Waals surface area contributed by atoms with E-state index in [2.05, 4.69) is 21.3 Å². The Morgan fingerprint density at radius 1 is 1.03 bits per heavy atom. The summed E-state index contributed by atoms with van der Waals surface area (Å²) in [4.78, 5) is 35.3. The van der Waals surface area contributed by atoms with Crippen LogP contribution in [0.5, 0.6) is 0 Å². The van der Waals surface area contributed by atoms with Crippen molar-refractivity contribution in [3.63, 3.8) is 0 Å². The van der Waals surface area contributed by atoms with Gasteiger partial charge in [0.25, 0.3) is 5.91 Å². The van der Waals surface area contributed by atoms with Gasteiger partial charge in [-0.05, 0) is 36.6 Å². The van der Waals surface area contributed by atoms with Crippen LogP contribution in [0.25, 0.3) is 0 Å². The average Bonchev–Trinajstić information content (AvgIpc) is 3.34. The zero-order valence-corrected chi connectivity index (χ0v) is 20.0. The topological polar surface area (TPSA) is 81.4 Å². The summed E-state index contributed by atoms with van der Waals surface area (Å²) in [5.74, 6) is 0.980. The molecule has 166 valence electrons. The van der Waals surface area contributed by atoms with Gasteiger partial charge in [0.2, 0.25) is 5.91 Å². The first-order chi connectivity index (χ1) is 14.7. The maximum atomic E-state index is 12.9. The molecule has 2 aliphatic rings. The normalized spacial score (nSPS) is 16.4. The van der Waals surface area contributed by atoms with E-state index in [1.807, 2.05) is 23.1 Å². The Hall–Kier alpha value is -2.56. The number of hydrogen-bond donors (Lipinski definition) is 1. The summed E-state index contributed by atoms with van der Waals surface area (Å²) in [5, 5.41) is 3.20. The van der Waals surface area contributed by atoms with Crippen molar-refractivity contribution in [2.45, 2.75) is 12.8 Å². The molecule has 8 nitrogen and oxygen atoms in total. The van der Waals surface area contributed by atoms with Crippen molar-refractivity contribution in [2.75, 3.05) is 51.2 Å². The maximum absolute atomic E-state index is 12.9. The molecular weight excluding hydrogens is 509 g/mol. The van der Waals surface area contributed by atoms with E-state index in [0.29, 0.717) is 37.9 Å². The molecule has 2 amide bonds. The Morgan fingerprint density at radius 2 is 1.77 bits per heavy atom. The van der Waals surface area contributed by atoms with Gasteiger partial charge in [0, 0.05) is 45.5 Å². The van der Waals surface area contributed by atoms with E-state index in [1.165, 1.54) is 11.8 Å². The van der Waals surface area contributed by atoms with E-state index in [-0.39, 0.29) is 42.3 Å². The van der Waals surface area contributed by atoms with Crippen LogP contribution in [0.3, 0.4) is 0 Å². The summed E-state index contributed by atoms with van der Waals surface area (Å²) in [6.07, 6.45) is 3.49. The summed E-state index contributed by atoms with van der Waals surface area (Å²) in [6, 6.07) is 11.5. The second kappa shape index (κ2) is 10.7. The van der Waals surface area contributed by atoms with E-state index < -0.39 is 0 Å². The van der Waals surface area contributed by atoms with Crippen LogP contribution in [0.15, 0.2) is 52.1 Å². The van der Waals surface area contributed by atoms with Crippen LogP contribution in [-0.2, 0) is 11.2 Å². The van der Waals surface area contributed by atoms with Crippen LogP contribution in [0.4, 0.5) is 5.69 Å². The Balaban J connectivity index is 0.00000272. The van der Waals surface area contributed by atoms with E-state index in [4.69, 9.17) is 4.42 Å². The first-order valence-electron chi connectivity index (χ1n) is 10.3.